The van der Waals surface area contributed by atoms with Crippen molar-refractivity contribution in [2.75, 3.05) is 24.5 Å². The number of sulfonamides is 1. The van der Waals surface area contributed by atoms with E-state index in [1.807, 2.05) is 39.8 Å². The van der Waals surface area contributed by atoms with Crippen molar-refractivity contribution in [1.29, 1.82) is 0 Å². The minimum absolute atomic E-state index is 0.0693. The van der Waals surface area contributed by atoms with Crippen LogP contribution >= 0.6 is 15.9 Å². The van der Waals surface area contributed by atoms with Gasteiger partial charge in [-0.25, -0.2) is 8.42 Å². The number of amides is 2. The first-order valence-corrected chi connectivity index (χ1v) is 15.7. The highest BCUT2D eigenvalue weighted by Crippen LogP contribution is 2.27. The number of benzene rings is 3. The summed E-state index contributed by atoms with van der Waals surface area (Å²) in [6, 6.07) is 19.7. The van der Waals surface area contributed by atoms with Crippen molar-refractivity contribution in [3.8, 4) is 5.75 Å². The molecule has 0 aliphatic carbocycles. The zero-order valence-electron chi connectivity index (χ0n) is 24.1. The fourth-order valence-electron chi connectivity index (χ4n) is 4.28. The molecule has 0 spiro atoms. The van der Waals surface area contributed by atoms with Gasteiger partial charge in [0.25, 0.3) is 10.0 Å². The summed E-state index contributed by atoms with van der Waals surface area (Å²) < 4.78 is 35.1. The van der Waals surface area contributed by atoms with E-state index in [-0.39, 0.29) is 23.3 Å². The van der Waals surface area contributed by atoms with Gasteiger partial charge < -0.3 is 15.0 Å². The van der Waals surface area contributed by atoms with Crippen LogP contribution in [0.4, 0.5) is 5.69 Å². The molecule has 10 heteroatoms. The van der Waals surface area contributed by atoms with Crippen molar-refractivity contribution in [1.82, 2.24) is 10.2 Å². The van der Waals surface area contributed by atoms with Crippen LogP contribution in [0.25, 0.3) is 0 Å². The number of carbonyl (C=O) groups excluding carboxylic acids is 2. The van der Waals surface area contributed by atoms with E-state index in [0.717, 1.165) is 19.9 Å². The largest absolute Gasteiger partial charge is 0.497 e. The Hall–Kier alpha value is -3.37. The van der Waals surface area contributed by atoms with Crippen molar-refractivity contribution < 1.29 is 22.7 Å². The summed E-state index contributed by atoms with van der Waals surface area (Å²) in [5.41, 5.74) is 2.00. The number of hydrogen-bond acceptors (Lipinski definition) is 5. The van der Waals surface area contributed by atoms with E-state index in [1.165, 1.54) is 17.0 Å². The molecule has 0 heterocycles. The molecule has 3 aromatic rings. The Morgan fingerprint density at radius 1 is 1.00 bits per heavy atom. The number of aryl methyl sites for hydroxylation is 1. The van der Waals surface area contributed by atoms with Gasteiger partial charge in [-0.05, 0) is 73.4 Å². The quantitative estimate of drug-likeness (QED) is 0.264. The summed E-state index contributed by atoms with van der Waals surface area (Å²) in [5, 5.41) is 2.93. The summed E-state index contributed by atoms with van der Waals surface area (Å²) in [6.45, 7) is 7.76. The third-order valence-electron chi connectivity index (χ3n) is 6.56. The second-order valence-electron chi connectivity index (χ2n) is 10.2. The number of ether oxygens (including phenoxy) is 1. The van der Waals surface area contributed by atoms with Gasteiger partial charge in [-0.15, -0.1) is 0 Å². The zero-order chi connectivity index (χ0) is 30.2. The van der Waals surface area contributed by atoms with Gasteiger partial charge in [0, 0.05) is 17.6 Å². The van der Waals surface area contributed by atoms with E-state index >= 15 is 0 Å². The maximum absolute atomic E-state index is 14.1. The van der Waals surface area contributed by atoms with Gasteiger partial charge >= 0.3 is 0 Å². The normalized spacial score (nSPS) is 12.1. The summed E-state index contributed by atoms with van der Waals surface area (Å²) >= 11 is 3.39. The van der Waals surface area contributed by atoms with Crippen molar-refractivity contribution in [2.24, 2.45) is 5.92 Å². The van der Waals surface area contributed by atoms with E-state index in [4.69, 9.17) is 4.74 Å². The number of halogens is 1. The highest BCUT2D eigenvalue weighted by Gasteiger charge is 2.33. The third-order valence-corrected chi connectivity index (χ3v) is 8.88. The lowest BCUT2D eigenvalue weighted by Crippen LogP contribution is -2.52. The molecule has 0 fully saturated rings. The van der Waals surface area contributed by atoms with Crippen LogP contribution in [-0.4, -0.2) is 51.4 Å². The van der Waals surface area contributed by atoms with Gasteiger partial charge in [0.1, 0.15) is 18.3 Å². The molecule has 0 aliphatic rings. The Kier molecular flexibility index (Phi) is 11.4. The molecule has 1 N–H and O–H groups in total. The molecule has 8 nitrogen and oxygen atoms in total. The van der Waals surface area contributed by atoms with E-state index in [2.05, 4.69) is 21.2 Å². The monoisotopic (exact) mass is 643 g/mol. The first-order valence-electron chi connectivity index (χ1n) is 13.5. The number of nitrogens with one attached hydrogen (secondary N) is 1. The number of methoxy groups -OCH3 is 1. The molecule has 0 saturated heterocycles. The second-order valence-corrected chi connectivity index (χ2v) is 13.0. The Balaban J connectivity index is 2.05. The van der Waals surface area contributed by atoms with Crippen LogP contribution in [-0.2, 0) is 26.2 Å². The van der Waals surface area contributed by atoms with Gasteiger partial charge in [0.2, 0.25) is 11.8 Å². The summed E-state index contributed by atoms with van der Waals surface area (Å²) in [6.07, 6.45) is 0.350. The second kappa shape index (κ2) is 14.5. The molecule has 2 amide bonds. The van der Waals surface area contributed by atoms with Gasteiger partial charge in [-0.2, -0.15) is 0 Å². The van der Waals surface area contributed by atoms with Crippen LogP contribution in [0.15, 0.2) is 82.2 Å². The number of rotatable bonds is 13. The van der Waals surface area contributed by atoms with Crippen LogP contribution < -0.4 is 14.4 Å². The third kappa shape index (κ3) is 8.56. The average Bonchev–Trinajstić information content (AvgIpc) is 2.95. The maximum Gasteiger partial charge on any atom is 0.264 e. The molecule has 0 aromatic heterocycles. The average molecular weight is 645 g/mol. The van der Waals surface area contributed by atoms with Gasteiger partial charge in [0.05, 0.1) is 17.7 Å². The maximum atomic E-state index is 14.1. The summed E-state index contributed by atoms with van der Waals surface area (Å²) in [4.78, 5) is 29.0. The standard InChI is InChI=1S/C31H38BrN3O5S/c1-6-29(31(37)33-19-22(2)3)34(20-24-8-7-9-27(18-24)40-5)30(36)21-35(26-14-12-25(32)13-15-26)41(38,39)28-16-10-23(4)11-17-28/h7-18,22,29H,6,19-21H2,1-5H3,(H,33,37)/t29-/m1/s1. The van der Waals surface area contributed by atoms with E-state index < -0.39 is 28.5 Å². The Morgan fingerprint density at radius 2 is 1.66 bits per heavy atom. The van der Waals surface area contributed by atoms with E-state index in [1.54, 1.807) is 55.6 Å². The number of anilines is 1. The van der Waals surface area contributed by atoms with Crippen LogP contribution in [0.2, 0.25) is 0 Å². The molecule has 3 aromatic carbocycles. The molecular weight excluding hydrogens is 606 g/mol. The number of nitrogens with zero attached hydrogens (tertiary/aromatic N) is 2. The molecule has 41 heavy (non-hydrogen) atoms. The van der Waals surface area contributed by atoms with Crippen LogP contribution in [0.3, 0.4) is 0 Å². The Labute approximate surface area is 251 Å². The fourth-order valence-corrected chi connectivity index (χ4v) is 5.96. The summed E-state index contributed by atoms with van der Waals surface area (Å²) in [5.74, 6) is 0.0594. The van der Waals surface area contributed by atoms with Crippen molar-refractivity contribution >= 4 is 43.5 Å². The molecule has 0 unspecified atom stereocenters. The predicted molar refractivity (Wildman–Crippen MR) is 165 cm³/mol. The number of carbonyl (C=O) groups is 2. The Bertz CT molecular complexity index is 1430. The molecule has 0 radical (unpaired) electrons. The van der Waals surface area contributed by atoms with Crippen LogP contribution in [0, 0.1) is 12.8 Å². The highest BCUT2D eigenvalue weighted by molar-refractivity contribution is 9.10. The molecule has 0 aliphatic heterocycles. The Morgan fingerprint density at radius 3 is 2.24 bits per heavy atom. The lowest BCUT2D eigenvalue weighted by molar-refractivity contribution is -0.140. The molecule has 0 saturated carbocycles. The van der Waals surface area contributed by atoms with Crippen LogP contribution in [0.1, 0.15) is 38.3 Å². The SMILES string of the molecule is CC[C@H](C(=O)NCC(C)C)N(Cc1cccc(OC)c1)C(=O)CN(c1ccc(Br)cc1)S(=O)(=O)c1ccc(C)cc1. The van der Waals surface area contributed by atoms with Gasteiger partial charge in [-0.1, -0.05) is 66.5 Å². The van der Waals surface area contributed by atoms with Gasteiger partial charge in [0.15, 0.2) is 0 Å². The van der Waals surface area contributed by atoms with E-state index in [9.17, 15) is 18.0 Å². The van der Waals surface area contributed by atoms with Crippen molar-refractivity contribution in [2.45, 2.75) is 51.6 Å². The summed E-state index contributed by atoms with van der Waals surface area (Å²) in [7, 11) is -2.56. The minimum Gasteiger partial charge on any atom is -0.497 e. The smallest absolute Gasteiger partial charge is 0.264 e. The molecule has 0 bridgehead atoms. The lowest BCUT2D eigenvalue weighted by atomic mass is 10.1. The fraction of sp³-hybridized carbons (Fsp3) is 0.355. The topological polar surface area (TPSA) is 96.0 Å². The molecular formula is C31H38BrN3O5S. The first-order chi connectivity index (χ1) is 19.5. The highest BCUT2D eigenvalue weighted by atomic mass is 79.9. The van der Waals surface area contributed by atoms with E-state index in [0.29, 0.717) is 24.4 Å². The van der Waals surface area contributed by atoms with Crippen molar-refractivity contribution in [3.63, 3.8) is 0 Å². The number of hydrogen-bond donors (Lipinski definition) is 1. The van der Waals surface area contributed by atoms with Crippen LogP contribution in [0.5, 0.6) is 5.75 Å². The van der Waals surface area contributed by atoms with Gasteiger partial charge in [-0.3, -0.25) is 13.9 Å². The molecule has 3 rings (SSSR count). The zero-order valence-corrected chi connectivity index (χ0v) is 26.5. The predicted octanol–water partition coefficient (Wildman–Crippen LogP) is 5.54. The molecule has 220 valence electrons. The minimum atomic E-state index is -4.12. The molecule has 1 atom stereocenters. The van der Waals surface area contributed by atoms with Crippen molar-refractivity contribution in [3.05, 3.63) is 88.4 Å². The first kappa shape index (κ1) is 32.1. The lowest BCUT2D eigenvalue weighted by Gasteiger charge is -2.33.